The second-order valence-corrected chi connectivity index (χ2v) is 5.27. The Kier molecular flexibility index (Phi) is 3.39. The molecule has 0 spiro atoms. The summed E-state index contributed by atoms with van der Waals surface area (Å²) < 4.78 is 13.9. The molecule has 0 aliphatic heterocycles. The fraction of sp³-hybridized carbons (Fsp3) is 0.417. The van der Waals surface area contributed by atoms with Gasteiger partial charge in [0.15, 0.2) is 5.13 Å². The standard InChI is InChI=1S/C12H15FN2S/c1-8(2)5-6-14-12-15-10-4-3-9(13)7-11(10)16-12/h3-4,7-8H,5-6H2,1-2H3,(H,14,15). The fourth-order valence-corrected chi connectivity index (χ4v) is 2.36. The molecule has 16 heavy (non-hydrogen) atoms. The summed E-state index contributed by atoms with van der Waals surface area (Å²) in [5.74, 6) is 0.476. The van der Waals surface area contributed by atoms with E-state index in [-0.39, 0.29) is 5.82 Å². The predicted octanol–water partition coefficient (Wildman–Crippen LogP) is 3.89. The third-order valence-corrected chi connectivity index (χ3v) is 3.32. The lowest BCUT2D eigenvalue weighted by molar-refractivity contribution is 0.607. The smallest absolute Gasteiger partial charge is 0.183 e. The summed E-state index contributed by atoms with van der Waals surface area (Å²) in [7, 11) is 0. The van der Waals surface area contributed by atoms with E-state index in [1.165, 1.54) is 23.5 Å². The minimum atomic E-state index is -0.204. The van der Waals surface area contributed by atoms with Gasteiger partial charge in [-0.3, -0.25) is 0 Å². The lowest BCUT2D eigenvalue weighted by Crippen LogP contribution is -2.03. The number of halogens is 1. The van der Waals surface area contributed by atoms with Gasteiger partial charge in [-0.2, -0.15) is 0 Å². The van der Waals surface area contributed by atoms with Crippen LogP contribution in [0.1, 0.15) is 20.3 Å². The zero-order valence-corrected chi connectivity index (χ0v) is 10.3. The van der Waals surface area contributed by atoms with Crippen LogP contribution < -0.4 is 5.32 Å². The summed E-state index contributed by atoms with van der Waals surface area (Å²) in [6, 6.07) is 4.69. The number of nitrogens with one attached hydrogen (secondary N) is 1. The summed E-state index contributed by atoms with van der Waals surface area (Å²) in [6.45, 7) is 5.30. The molecule has 2 aromatic rings. The van der Waals surface area contributed by atoms with Gasteiger partial charge in [0, 0.05) is 6.54 Å². The number of benzene rings is 1. The maximum atomic E-state index is 13.0. The van der Waals surface area contributed by atoms with Gasteiger partial charge in [0.2, 0.25) is 0 Å². The number of fused-ring (bicyclic) bond motifs is 1. The summed E-state index contributed by atoms with van der Waals surface area (Å²) in [5.41, 5.74) is 0.860. The molecule has 0 aliphatic rings. The van der Waals surface area contributed by atoms with E-state index in [2.05, 4.69) is 24.1 Å². The van der Waals surface area contributed by atoms with Crippen LogP contribution in [0.2, 0.25) is 0 Å². The van der Waals surface area contributed by atoms with Gasteiger partial charge >= 0.3 is 0 Å². The Morgan fingerprint density at radius 3 is 3.00 bits per heavy atom. The third kappa shape index (κ3) is 2.70. The number of anilines is 1. The van der Waals surface area contributed by atoms with Gasteiger partial charge in [0.05, 0.1) is 10.2 Å². The highest BCUT2D eigenvalue weighted by molar-refractivity contribution is 7.22. The van der Waals surface area contributed by atoms with E-state index in [0.29, 0.717) is 5.92 Å². The first-order valence-corrected chi connectivity index (χ1v) is 6.27. The molecule has 2 rings (SSSR count). The average molecular weight is 238 g/mol. The second-order valence-electron chi connectivity index (χ2n) is 4.24. The number of thiazole rings is 1. The van der Waals surface area contributed by atoms with Gasteiger partial charge in [-0.05, 0) is 30.5 Å². The van der Waals surface area contributed by atoms with Crippen LogP contribution in [0, 0.1) is 11.7 Å². The van der Waals surface area contributed by atoms with E-state index < -0.39 is 0 Å². The Balaban J connectivity index is 2.08. The number of rotatable bonds is 4. The Hall–Kier alpha value is -1.16. The van der Waals surface area contributed by atoms with Gasteiger partial charge in [0.25, 0.3) is 0 Å². The lowest BCUT2D eigenvalue weighted by atomic mass is 10.1. The zero-order valence-electron chi connectivity index (χ0n) is 9.46. The minimum Gasteiger partial charge on any atom is -0.361 e. The maximum absolute atomic E-state index is 13.0. The van der Waals surface area contributed by atoms with Crippen LogP contribution >= 0.6 is 11.3 Å². The van der Waals surface area contributed by atoms with Crippen LogP contribution in [-0.4, -0.2) is 11.5 Å². The Morgan fingerprint density at radius 2 is 2.25 bits per heavy atom. The molecule has 0 saturated heterocycles. The molecule has 2 nitrogen and oxygen atoms in total. The van der Waals surface area contributed by atoms with Crippen LogP contribution in [0.3, 0.4) is 0 Å². The van der Waals surface area contributed by atoms with Crippen molar-refractivity contribution in [3.63, 3.8) is 0 Å². The van der Waals surface area contributed by atoms with E-state index in [1.807, 2.05) is 0 Å². The summed E-state index contributed by atoms with van der Waals surface area (Å²) in [5, 5.41) is 4.15. The summed E-state index contributed by atoms with van der Waals surface area (Å²) in [4.78, 5) is 4.39. The van der Waals surface area contributed by atoms with Crippen molar-refractivity contribution in [3.8, 4) is 0 Å². The molecule has 0 amide bonds. The molecule has 1 heterocycles. The van der Waals surface area contributed by atoms with Crippen molar-refractivity contribution in [1.82, 2.24) is 4.98 Å². The largest absolute Gasteiger partial charge is 0.361 e. The Bertz CT molecular complexity index is 479. The molecule has 0 saturated carbocycles. The van der Waals surface area contributed by atoms with Gasteiger partial charge in [-0.1, -0.05) is 25.2 Å². The van der Waals surface area contributed by atoms with Crippen LogP contribution in [-0.2, 0) is 0 Å². The number of aromatic nitrogens is 1. The molecule has 86 valence electrons. The monoisotopic (exact) mass is 238 g/mol. The molecule has 0 radical (unpaired) electrons. The van der Waals surface area contributed by atoms with Crippen molar-refractivity contribution in [2.75, 3.05) is 11.9 Å². The molecule has 0 fully saturated rings. The molecule has 1 N–H and O–H groups in total. The van der Waals surface area contributed by atoms with E-state index in [9.17, 15) is 4.39 Å². The Labute approximate surface area is 98.5 Å². The van der Waals surface area contributed by atoms with Crippen molar-refractivity contribution in [2.45, 2.75) is 20.3 Å². The normalized spacial score (nSPS) is 11.2. The second kappa shape index (κ2) is 4.78. The molecule has 1 aromatic heterocycles. The van der Waals surface area contributed by atoms with Crippen LogP contribution in [0.5, 0.6) is 0 Å². The SMILES string of the molecule is CC(C)CCNc1nc2ccc(F)cc2s1. The maximum Gasteiger partial charge on any atom is 0.183 e. The minimum absolute atomic E-state index is 0.204. The van der Waals surface area contributed by atoms with E-state index in [0.717, 1.165) is 28.3 Å². The lowest BCUT2D eigenvalue weighted by Gasteiger charge is -2.04. The van der Waals surface area contributed by atoms with Crippen molar-refractivity contribution >= 4 is 26.7 Å². The molecule has 0 unspecified atom stereocenters. The van der Waals surface area contributed by atoms with Gasteiger partial charge < -0.3 is 5.32 Å². The molecule has 4 heteroatoms. The predicted molar refractivity (Wildman–Crippen MR) is 67.5 cm³/mol. The highest BCUT2D eigenvalue weighted by Crippen LogP contribution is 2.26. The Morgan fingerprint density at radius 1 is 1.44 bits per heavy atom. The van der Waals surface area contributed by atoms with Gasteiger partial charge in [-0.15, -0.1) is 0 Å². The topological polar surface area (TPSA) is 24.9 Å². The van der Waals surface area contributed by atoms with Crippen molar-refractivity contribution in [1.29, 1.82) is 0 Å². The van der Waals surface area contributed by atoms with Gasteiger partial charge in [0.1, 0.15) is 5.82 Å². The number of nitrogens with zero attached hydrogens (tertiary/aromatic N) is 1. The molecule has 0 atom stereocenters. The third-order valence-electron chi connectivity index (χ3n) is 2.35. The van der Waals surface area contributed by atoms with Gasteiger partial charge in [-0.25, -0.2) is 9.37 Å². The van der Waals surface area contributed by atoms with Crippen molar-refractivity contribution < 1.29 is 4.39 Å². The van der Waals surface area contributed by atoms with E-state index in [4.69, 9.17) is 0 Å². The fourth-order valence-electron chi connectivity index (χ4n) is 1.44. The molecule has 0 bridgehead atoms. The number of hydrogen-bond donors (Lipinski definition) is 1. The van der Waals surface area contributed by atoms with Crippen LogP contribution in [0.25, 0.3) is 10.2 Å². The molecule has 1 aromatic carbocycles. The zero-order chi connectivity index (χ0) is 11.5. The molecular formula is C12H15FN2S. The number of hydrogen-bond acceptors (Lipinski definition) is 3. The van der Waals surface area contributed by atoms with Crippen molar-refractivity contribution in [3.05, 3.63) is 24.0 Å². The van der Waals surface area contributed by atoms with Crippen molar-refractivity contribution in [2.24, 2.45) is 5.92 Å². The molecule has 0 aliphatic carbocycles. The van der Waals surface area contributed by atoms with Crippen LogP contribution in [0.4, 0.5) is 9.52 Å². The first-order chi connectivity index (χ1) is 7.65. The highest BCUT2D eigenvalue weighted by Gasteiger charge is 2.04. The molecular weight excluding hydrogens is 223 g/mol. The van der Waals surface area contributed by atoms with E-state index >= 15 is 0 Å². The average Bonchev–Trinajstić information content (AvgIpc) is 2.58. The first-order valence-electron chi connectivity index (χ1n) is 5.45. The summed E-state index contributed by atoms with van der Waals surface area (Å²) >= 11 is 1.50. The summed E-state index contributed by atoms with van der Waals surface area (Å²) in [6.07, 6.45) is 1.12. The van der Waals surface area contributed by atoms with E-state index in [1.54, 1.807) is 6.07 Å². The van der Waals surface area contributed by atoms with Crippen LogP contribution in [0.15, 0.2) is 18.2 Å². The first kappa shape index (κ1) is 11.3. The quantitative estimate of drug-likeness (QED) is 0.874. The highest BCUT2D eigenvalue weighted by atomic mass is 32.1.